The Balaban J connectivity index is 1.77. The third-order valence-electron chi connectivity index (χ3n) is 5.20. The number of pyridine rings is 1. The number of amides is 1. The van der Waals surface area contributed by atoms with Crippen LogP contribution in [0.25, 0.3) is 5.52 Å². The topological polar surface area (TPSA) is 42.7 Å². The van der Waals surface area contributed by atoms with E-state index in [1.165, 1.54) is 0 Å². The molecule has 26 heavy (non-hydrogen) atoms. The minimum absolute atomic E-state index is 0.162. The average Bonchev–Trinajstić information content (AvgIpc) is 2.97. The number of hydrogen-bond acceptors (Lipinski definition) is 2. The van der Waals surface area contributed by atoms with Crippen LogP contribution in [0.4, 0.5) is 4.39 Å². The predicted octanol–water partition coefficient (Wildman–Crippen LogP) is 4.43. The Morgan fingerprint density at radius 3 is 3.08 bits per heavy atom. The van der Waals surface area contributed by atoms with Crippen molar-refractivity contribution in [2.24, 2.45) is 5.92 Å². The summed E-state index contributed by atoms with van der Waals surface area (Å²) in [5.41, 5.74) is 1.12. The number of ether oxygens (including phenoxy) is 1. The molecule has 1 aliphatic rings. The molecular formula is C20H26ClFN2O2. The van der Waals surface area contributed by atoms with Crippen molar-refractivity contribution in [2.45, 2.75) is 44.7 Å². The number of hydrogen-bond donors (Lipinski definition) is 1. The largest absolute Gasteiger partial charge is 0.384 e. The van der Waals surface area contributed by atoms with Gasteiger partial charge in [0, 0.05) is 32.0 Å². The summed E-state index contributed by atoms with van der Waals surface area (Å²) in [6.45, 7) is 2.72. The van der Waals surface area contributed by atoms with Crippen LogP contribution in [0.2, 0.25) is 5.02 Å². The minimum Gasteiger partial charge on any atom is -0.384 e. The van der Waals surface area contributed by atoms with Gasteiger partial charge in [0.2, 0.25) is 0 Å². The molecule has 4 nitrogen and oxygen atoms in total. The maximum Gasteiger partial charge on any atom is 0.253 e. The van der Waals surface area contributed by atoms with Crippen molar-refractivity contribution >= 4 is 23.0 Å². The summed E-state index contributed by atoms with van der Waals surface area (Å²) in [7, 11) is 1.65. The quantitative estimate of drug-likeness (QED) is 0.805. The first-order valence-corrected chi connectivity index (χ1v) is 9.53. The van der Waals surface area contributed by atoms with Crippen molar-refractivity contribution in [1.29, 1.82) is 0 Å². The van der Waals surface area contributed by atoms with Crippen LogP contribution in [0.5, 0.6) is 0 Å². The van der Waals surface area contributed by atoms with Gasteiger partial charge in [0.15, 0.2) is 0 Å². The first kappa shape index (κ1) is 19.2. The molecule has 1 N–H and O–H groups in total. The Morgan fingerprint density at radius 1 is 1.54 bits per heavy atom. The van der Waals surface area contributed by atoms with E-state index in [9.17, 15) is 9.18 Å². The lowest BCUT2D eigenvalue weighted by molar-refractivity contribution is 0.0839. The molecule has 3 rings (SSSR count). The van der Waals surface area contributed by atoms with Crippen LogP contribution in [0.3, 0.4) is 0 Å². The summed E-state index contributed by atoms with van der Waals surface area (Å²) in [6.07, 6.45) is 5.53. The molecule has 0 aliphatic heterocycles. The molecule has 1 saturated carbocycles. The monoisotopic (exact) mass is 380 g/mol. The van der Waals surface area contributed by atoms with Gasteiger partial charge in [-0.15, -0.1) is 0 Å². The van der Waals surface area contributed by atoms with E-state index < -0.39 is 5.67 Å². The zero-order chi connectivity index (χ0) is 18.7. The van der Waals surface area contributed by atoms with Crippen LogP contribution in [0, 0.1) is 5.92 Å². The number of methoxy groups -OCH3 is 1. The summed E-state index contributed by atoms with van der Waals surface area (Å²) < 4.78 is 21.3. The minimum atomic E-state index is -1.12. The number of aromatic nitrogens is 1. The van der Waals surface area contributed by atoms with Crippen LogP contribution in [-0.2, 0) is 11.2 Å². The normalized spacial score (nSPS) is 23.3. The van der Waals surface area contributed by atoms with Crippen molar-refractivity contribution in [1.82, 2.24) is 9.72 Å². The Bertz CT molecular complexity index is 787. The molecule has 0 bridgehead atoms. The third-order valence-corrected chi connectivity index (χ3v) is 5.51. The molecular weight excluding hydrogens is 355 g/mol. The van der Waals surface area contributed by atoms with Crippen molar-refractivity contribution in [3.05, 3.63) is 40.7 Å². The highest BCUT2D eigenvalue weighted by atomic mass is 35.5. The molecule has 2 atom stereocenters. The lowest BCUT2D eigenvalue weighted by atomic mass is 9.80. The molecule has 2 unspecified atom stereocenters. The zero-order valence-electron chi connectivity index (χ0n) is 15.4. The lowest BCUT2D eigenvalue weighted by Gasteiger charge is -2.31. The molecule has 1 aliphatic carbocycles. The van der Waals surface area contributed by atoms with Crippen LogP contribution >= 0.6 is 11.6 Å². The highest BCUT2D eigenvalue weighted by molar-refractivity contribution is 6.34. The fraction of sp³-hybridized carbons (Fsp3) is 0.550. The first-order chi connectivity index (χ1) is 12.4. The number of rotatable bonds is 6. The maximum atomic E-state index is 14.2. The second-order valence-electron chi connectivity index (χ2n) is 7.45. The van der Waals surface area contributed by atoms with Gasteiger partial charge in [0.25, 0.3) is 5.91 Å². The summed E-state index contributed by atoms with van der Waals surface area (Å²) in [4.78, 5) is 12.8. The van der Waals surface area contributed by atoms with E-state index in [4.69, 9.17) is 16.3 Å². The summed E-state index contributed by atoms with van der Waals surface area (Å²) in [5, 5.41) is 3.52. The number of carbonyl (C=O) groups excluding carboxylic acids is 1. The molecule has 0 aromatic carbocycles. The van der Waals surface area contributed by atoms with Crippen LogP contribution in [-0.4, -0.2) is 36.2 Å². The molecule has 0 radical (unpaired) electrons. The maximum absolute atomic E-state index is 14.2. The summed E-state index contributed by atoms with van der Waals surface area (Å²) in [5.74, 6) is 0.0189. The molecule has 2 heterocycles. The average molecular weight is 381 g/mol. The van der Waals surface area contributed by atoms with E-state index in [2.05, 4.69) is 5.32 Å². The summed E-state index contributed by atoms with van der Waals surface area (Å²) in [6, 6.07) is 5.51. The van der Waals surface area contributed by atoms with Gasteiger partial charge < -0.3 is 14.5 Å². The van der Waals surface area contributed by atoms with E-state index in [1.807, 2.05) is 22.7 Å². The van der Waals surface area contributed by atoms with E-state index in [0.29, 0.717) is 48.5 Å². The Labute approximate surface area is 158 Å². The predicted molar refractivity (Wildman–Crippen MR) is 102 cm³/mol. The molecule has 142 valence electrons. The second kappa shape index (κ2) is 7.97. The first-order valence-electron chi connectivity index (χ1n) is 9.16. The van der Waals surface area contributed by atoms with Crippen LogP contribution < -0.4 is 5.32 Å². The van der Waals surface area contributed by atoms with Gasteiger partial charge >= 0.3 is 0 Å². The smallest absolute Gasteiger partial charge is 0.253 e. The van der Waals surface area contributed by atoms with Gasteiger partial charge in [0.1, 0.15) is 5.67 Å². The van der Waals surface area contributed by atoms with E-state index >= 15 is 0 Å². The van der Waals surface area contributed by atoms with Crippen molar-refractivity contribution in [3.63, 3.8) is 0 Å². The number of nitrogens with one attached hydrogen (secondary N) is 1. The molecule has 0 saturated heterocycles. The summed E-state index contributed by atoms with van der Waals surface area (Å²) >= 11 is 6.36. The Morgan fingerprint density at radius 2 is 2.35 bits per heavy atom. The van der Waals surface area contributed by atoms with E-state index in [-0.39, 0.29) is 11.8 Å². The number of fused-ring (bicyclic) bond motifs is 1. The van der Waals surface area contributed by atoms with Crippen LogP contribution in [0.15, 0.2) is 24.4 Å². The molecule has 0 spiro atoms. The van der Waals surface area contributed by atoms with Gasteiger partial charge in [-0.2, -0.15) is 0 Å². The SMILES string of the molecule is COCCc1cc(C(=O)NCC2CCCC(C)(F)C2)c2c(Cl)cccn12. The van der Waals surface area contributed by atoms with Gasteiger partial charge in [-0.1, -0.05) is 11.6 Å². The van der Waals surface area contributed by atoms with Gasteiger partial charge in [0.05, 0.1) is 22.7 Å². The lowest BCUT2D eigenvalue weighted by Crippen LogP contribution is -2.35. The standard InChI is InChI=1S/C20H26ClFN2O2/c1-20(22)8-3-5-14(12-20)13-23-19(25)16-11-15(7-10-26-2)24-9-4-6-17(21)18(16)24/h4,6,9,11,14H,3,5,7-8,10,12-13H2,1-2H3,(H,23,25). The van der Waals surface area contributed by atoms with Gasteiger partial charge in [-0.25, -0.2) is 4.39 Å². The Kier molecular flexibility index (Phi) is 5.88. The fourth-order valence-electron chi connectivity index (χ4n) is 3.93. The molecule has 1 fully saturated rings. The van der Waals surface area contributed by atoms with Crippen molar-refractivity contribution < 1.29 is 13.9 Å². The molecule has 2 aromatic rings. The number of halogens is 2. The fourth-order valence-corrected chi connectivity index (χ4v) is 4.19. The Hall–Kier alpha value is -1.59. The van der Waals surface area contributed by atoms with E-state index in [1.54, 1.807) is 20.1 Å². The van der Waals surface area contributed by atoms with E-state index in [0.717, 1.165) is 18.5 Å². The van der Waals surface area contributed by atoms with Gasteiger partial charge in [-0.05, 0) is 56.7 Å². The highest BCUT2D eigenvalue weighted by Crippen LogP contribution is 2.34. The second-order valence-corrected chi connectivity index (χ2v) is 7.86. The molecule has 6 heteroatoms. The molecule has 2 aromatic heterocycles. The zero-order valence-corrected chi connectivity index (χ0v) is 16.1. The highest BCUT2D eigenvalue weighted by Gasteiger charge is 2.32. The third kappa shape index (κ3) is 4.21. The van der Waals surface area contributed by atoms with Crippen molar-refractivity contribution in [2.75, 3.05) is 20.3 Å². The van der Waals surface area contributed by atoms with Crippen LogP contribution in [0.1, 0.15) is 48.7 Å². The number of alkyl halides is 1. The molecule has 1 amide bonds. The number of nitrogens with zero attached hydrogens (tertiary/aromatic N) is 1. The van der Waals surface area contributed by atoms with Gasteiger partial charge in [-0.3, -0.25) is 4.79 Å². The van der Waals surface area contributed by atoms with Crippen molar-refractivity contribution in [3.8, 4) is 0 Å². The number of carbonyl (C=O) groups is 1.